The van der Waals surface area contributed by atoms with Crippen LogP contribution >= 0.6 is 34.5 Å². The minimum atomic E-state index is -0.760. The Kier molecular flexibility index (Phi) is 9.78. The predicted molar refractivity (Wildman–Crippen MR) is 189 cm³/mol. The largest absolute Gasteiger partial charge is 0.488 e. The quantitative estimate of drug-likeness (QED) is 0.148. The summed E-state index contributed by atoms with van der Waals surface area (Å²) < 4.78 is 13.8. The van der Waals surface area contributed by atoms with Gasteiger partial charge in [-0.05, 0) is 65.9 Å². The van der Waals surface area contributed by atoms with Crippen molar-refractivity contribution < 1.29 is 14.3 Å². The Hall–Kier alpha value is -4.43. The molecule has 0 bridgehead atoms. The molecule has 0 saturated carbocycles. The predicted octanol–water partition coefficient (Wildman–Crippen LogP) is 7.94. The third-order valence-corrected chi connectivity index (χ3v) is 9.33. The zero-order valence-corrected chi connectivity index (χ0v) is 28.4. The van der Waals surface area contributed by atoms with E-state index in [0.717, 1.165) is 22.3 Å². The van der Waals surface area contributed by atoms with E-state index < -0.39 is 12.0 Å². The molecule has 9 heteroatoms. The standard InChI is InChI=1S/C38H32Cl2N2O4S/c1-4-45-37(44)33-34(26-8-6-5-7-9-26)41-38-42(35(33)27-14-12-25(13-15-27)23(2)3)36(43)32(47-38)21-28-20-30(40)18-19-31(28)46-22-24-10-16-29(39)17-11-24/h5-21,23,35H,4,22H2,1-3H3/b32-21-/t35-/m0/s1. The molecule has 5 aromatic rings. The maximum atomic E-state index is 14.4. The fraction of sp³-hybridized carbons (Fsp3) is 0.184. The average Bonchev–Trinajstić information content (AvgIpc) is 3.38. The number of hydrogen-bond acceptors (Lipinski definition) is 6. The van der Waals surface area contributed by atoms with Crippen molar-refractivity contribution in [2.24, 2.45) is 4.99 Å². The molecule has 6 rings (SSSR count). The number of halogens is 2. The Morgan fingerprint density at radius 2 is 1.66 bits per heavy atom. The minimum absolute atomic E-state index is 0.182. The Morgan fingerprint density at radius 3 is 2.34 bits per heavy atom. The van der Waals surface area contributed by atoms with Crippen molar-refractivity contribution >= 4 is 52.3 Å². The molecule has 0 amide bonds. The Morgan fingerprint density at radius 1 is 0.957 bits per heavy atom. The molecule has 4 aromatic carbocycles. The first kappa shape index (κ1) is 32.5. The van der Waals surface area contributed by atoms with Gasteiger partial charge in [0.15, 0.2) is 4.80 Å². The van der Waals surface area contributed by atoms with E-state index >= 15 is 0 Å². The highest BCUT2D eigenvalue weighted by Gasteiger charge is 2.35. The zero-order valence-electron chi connectivity index (χ0n) is 26.1. The molecule has 0 fully saturated rings. The molecule has 1 aromatic heterocycles. The first-order valence-corrected chi connectivity index (χ1v) is 16.9. The summed E-state index contributed by atoms with van der Waals surface area (Å²) in [7, 11) is 0. The number of hydrogen-bond donors (Lipinski definition) is 0. The van der Waals surface area contributed by atoms with Crippen LogP contribution in [0.15, 0.2) is 112 Å². The second-order valence-corrected chi connectivity index (χ2v) is 13.2. The van der Waals surface area contributed by atoms with Crippen molar-refractivity contribution in [1.82, 2.24) is 4.57 Å². The number of benzene rings is 4. The van der Waals surface area contributed by atoms with Gasteiger partial charge in [-0.3, -0.25) is 9.36 Å². The van der Waals surface area contributed by atoms with Crippen molar-refractivity contribution in [1.29, 1.82) is 0 Å². The van der Waals surface area contributed by atoms with Gasteiger partial charge in [0.25, 0.3) is 5.56 Å². The number of esters is 1. The SMILES string of the molecule is CCOC(=O)C1=C(c2ccccc2)N=c2s/c(=C\c3cc(Cl)ccc3OCc3ccc(Cl)cc3)c(=O)n2[C@H]1c1ccc(C(C)C)cc1. The lowest BCUT2D eigenvalue weighted by atomic mass is 9.91. The summed E-state index contributed by atoms with van der Waals surface area (Å²) in [5, 5.41) is 1.15. The third-order valence-electron chi connectivity index (χ3n) is 7.86. The molecule has 0 spiro atoms. The van der Waals surface area contributed by atoms with Gasteiger partial charge in [-0.2, -0.15) is 0 Å². The second kappa shape index (κ2) is 14.1. The van der Waals surface area contributed by atoms with Crippen molar-refractivity contribution in [2.75, 3.05) is 6.61 Å². The van der Waals surface area contributed by atoms with Crippen LogP contribution in [0.2, 0.25) is 10.0 Å². The maximum absolute atomic E-state index is 14.4. The topological polar surface area (TPSA) is 69.9 Å². The molecular formula is C38H32Cl2N2O4S. The second-order valence-electron chi connectivity index (χ2n) is 11.4. The lowest BCUT2D eigenvalue weighted by Crippen LogP contribution is -2.40. The van der Waals surface area contributed by atoms with Crippen molar-refractivity contribution in [3.63, 3.8) is 0 Å². The zero-order chi connectivity index (χ0) is 33.1. The number of thiazole rings is 1. The van der Waals surface area contributed by atoms with E-state index in [9.17, 15) is 9.59 Å². The normalized spacial score (nSPS) is 14.6. The van der Waals surface area contributed by atoms with Crippen LogP contribution in [0.1, 0.15) is 60.5 Å². The number of carbonyl (C=O) groups excluding carboxylic acids is 1. The lowest BCUT2D eigenvalue weighted by molar-refractivity contribution is -0.138. The lowest BCUT2D eigenvalue weighted by Gasteiger charge is -2.26. The fourth-order valence-corrected chi connectivity index (χ4v) is 6.76. The number of carbonyl (C=O) groups is 1. The van der Waals surface area contributed by atoms with Crippen LogP contribution < -0.4 is 19.6 Å². The van der Waals surface area contributed by atoms with E-state index in [1.807, 2.05) is 78.9 Å². The number of fused-ring (bicyclic) bond motifs is 1. The summed E-state index contributed by atoms with van der Waals surface area (Å²) >= 11 is 13.7. The molecule has 0 unspecified atom stereocenters. The molecule has 6 nitrogen and oxygen atoms in total. The van der Waals surface area contributed by atoms with E-state index in [0.29, 0.717) is 54.5 Å². The molecule has 0 saturated heterocycles. The van der Waals surface area contributed by atoms with Gasteiger partial charge in [-0.15, -0.1) is 0 Å². The molecule has 0 aliphatic carbocycles. The molecule has 1 aliphatic rings. The molecular weight excluding hydrogens is 651 g/mol. The van der Waals surface area contributed by atoms with Gasteiger partial charge in [-0.1, -0.05) is 115 Å². The molecule has 1 aliphatic heterocycles. The summed E-state index contributed by atoms with van der Waals surface area (Å²) in [6.07, 6.45) is 1.77. The van der Waals surface area contributed by atoms with Gasteiger partial charge in [0, 0.05) is 21.2 Å². The third kappa shape index (κ3) is 6.98. The van der Waals surface area contributed by atoms with Crippen molar-refractivity contribution in [2.45, 2.75) is 39.3 Å². The summed E-state index contributed by atoms with van der Waals surface area (Å²) in [5.74, 6) is 0.364. The highest BCUT2D eigenvalue weighted by Crippen LogP contribution is 2.36. The van der Waals surface area contributed by atoms with Crippen LogP contribution in [0.3, 0.4) is 0 Å². The molecule has 47 heavy (non-hydrogen) atoms. The highest BCUT2D eigenvalue weighted by molar-refractivity contribution is 7.07. The van der Waals surface area contributed by atoms with Gasteiger partial charge in [-0.25, -0.2) is 9.79 Å². The first-order chi connectivity index (χ1) is 22.7. The Labute approximate surface area is 286 Å². The number of nitrogens with zero attached hydrogens (tertiary/aromatic N) is 2. The van der Waals surface area contributed by atoms with E-state index in [1.165, 1.54) is 11.3 Å². The maximum Gasteiger partial charge on any atom is 0.338 e. The van der Waals surface area contributed by atoms with Crippen molar-refractivity contribution in [3.05, 3.63) is 160 Å². The summed E-state index contributed by atoms with van der Waals surface area (Å²) in [6, 6.07) is 29.5. The van der Waals surface area contributed by atoms with Gasteiger partial charge >= 0.3 is 5.97 Å². The Balaban J connectivity index is 1.53. The summed E-state index contributed by atoms with van der Waals surface area (Å²) in [5.41, 5.74) is 4.77. The van der Waals surface area contributed by atoms with Crippen LogP contribution in [0.4, 0.5) is 0 Å². The van der Waals surface area contributed by atoms with Gasteiger partial charge in [0.1, 0.15) is 12.4 Å². The average molecular weight is 684 g/mol. The number of aromatic nitrogens is 1. The molecule has 238 valence electrons. The molecule has 2 heterocycles. The van der Waals surface area contributed by atoms with Gasteiger partial charge in [0.05, 0.1) is 28.5 Å². The first-order valence-electron chi connectivity index (χ1n) is 15.3. The molecule has 1 atom stereocenters. The molecule has 0 radical (unpaired) electrons. The van der Waals surface area contributed by atoms with Gasteiger partial charge < -0.3 is 9.47 Å². The van der Waals surface area contributed by atoms with Crippen LogP contribution in [-0.2, 0) is 16.1 Å². The van der Waals surface area contributed by atoms with Crippen molar-refractivity contribution in [3.8, 4) is 5.75 Å². The number of rotatable bonds is 9. The van der Waals surface area contributed by atoms with E-state index in [1.54, 1.807) is 35.8 Å². The Bertz CT molecular complexity index is 2140. The van der Waals surface area contributed by atoms with Crippen LogP contribution in [0.5, 0.6) is 5.75 Å². The monoisotopic (exact) mass is 682 g/mol. The summed E-state index contributed by atoms with van der Waals surface area (Å²) in [4.78, 5) is 33.5. The molecule has 0 N–H and O–H groups in total. The minimum Gasteiger partial charge on any atom is -0.488 e. The van der Waals surface area contributed by atoms with Crippen LogP contribution in [0, 0.1) is 0 Å². The number of ether oxygens (including phenoxy) is 2. The van der Waals surface area contributed by atoms with Crippen LogP contribution in [0.25, 0.3) is 11.8 Å². The highest BCUT2D eigenvalue weighted by atomic mass is 35.5. The van der Waals surface area contributed by atoms with Gasteiger partial charge in [0.2, 0.25) is 0 Å². The fourth-order valence-electron chi connectivity index (χ4n) is 5.47. The smallest absolute Gasteiger partial charge is 0.338 e. The van der Waals surface area contributed by atoms with E-state index in [-0.39, 0.29) is 12.2 Å². The summed E-state index contributed by atoms with van der Waals surface area (Å²) in [6.45, 7) is 6.50. The van der Waals surface area contributed by atoms with Crippen LogP contribution in [-0.4, -0.2) is 17.1 Å². The van der Waals surface area contributed by atoms with E-state index in [2.05, 4.69) is 13.8 Å². The van der Waals surface area contributed by atoms with E-state index in [4.69, 9.17) is 37.7 Å².